The molecule has 92 valence electrons. The number of hydrogen-bond donors (Lipinski definition) is 0. The van der Waals surface area contributed by atoms with Crippen molar-refractivity contribution in [3.63, 3.8) is 0 Å². The quantitative estimate of drug-likeness (QED) is 0.823. The average molecular weight is 239 g/mol. The third-order valence-electron chi connectivity index (χ3n) is 3.29. The second kappa shape index (κ2) is 5.61. The zero-order valence-electron chi connectivity index (χ0n) is 10.8. The molecule has 1 unspecified atom stereocenters. The molecule has 1 heterocycles. The zero-order chi connectivity index (χ0) is 13.0. The predicted octanol–water partition coefficient (Wildman–Crippen LogP) is 3.14. The lowest BCUT2D eigenvalue weighted by Gasteiger charge is -2.23. The molecule has 0 aliphatic heterocycles. The standard InChI is InChI=1S/C15H17N3/c1-12(18(2)11-5-10-16)14-9-8-13-6-3-4-7-15(13)17-14/h3-4,6-9,12H,5,11H2,1-2H3. The van der Waals surface area contributed by atoms with Gasteiger partial charge < -0.3 is 0 Å². The minimum Gasteiger partial charge on any atom is -0.297 e. The minimum atomic E-state index is 0.225. The number of nitrogens with zero attached hydrogens (tertiary/aromatic N) is 3. The van der Waals surface area contributed by atoms with Crippen LogP contribution in [-0.2, 0) is 0 Å². The van der Waals surface area contributed by atoms with Crippen LogP contribution in [0.3, 0.4) is 0 Å². The predicted molar refractivity (Wildman–Crippen MR) is 73.0 cm³/mol. The van der Waals surface area contributed by atoms with Gasteiger partial charge in [0.05, 0.1) is 17.3 Å². The summed E-state index contributed by atoms with van der Waals surface area (Å²) >= 11 is 0. The monoisotopic (exact) mass is 239 g/mol. The highest BCUT2D eigenvalue weighted by molar-refractivity contribution is 5.78. The fourth-order valence-electron chi connectivity index (χ4n) is 1.96. The summed E-state index contributed by atoms with van der Waals surface area (Å²) in [6, 6.07) is 14.7. The Morgan fingerprint density at radius 2 is 2.06 bits per heavy atom. The maximum absolute atomic E-state index is 8.62. The van der Waals surface area contributed by atoms with E-state index in [1.54, 1.807) is 0 Å². The molecule has 0 bridgehead atoms. The highest BCUT2D eigenvalue weighted by Gasteiger charge is 2.12. The average Bonchev–Trinajstić information content (AvgIpc) is 2.43. The number of hydrogen-bond acceptors (Lipinski definition) is 3. The number of benzene rings is 1. The first-order valence-electron chi connectivity index (χ1n) is 6.15. The minimum absolute atomic E-state index is 0.225. The van der Waals surface area contributed by atoms with Crippen LogP contribution in [-0.4, -0.2) is 23.5 Å². The van der Waals surface area contributed by atoms with Gasteiger partial charge in [-0.3, -0.25) is 9.88 Å². The largest absolute Gasteiger partial charge is 0.297 e. The summed E-state index contributed by atoms with van der Waals surface area (Å²) < 4.78 is 0. The number of nitriles is 1. The van der Waals surface area contributed by atoms with E-state index in [9.17, 15) is 0 Å². The van der Waals surface area contributed by atoms with Gasteiger partial charge in [-0.2, -0.15) is 5.26 Å². The molecule has 1 aromatic heterocycles. The Hall–Kier alpha value is -1.92. The molecule has 3 heteroatoms. The normalized spacial score (nSPS) is 12.6. The van der Waals surface area contributed by atoms with E-state index in [1.165, 1.54) is 0 Å². The van der Waals surface area contributed by atoms with Crippen LogP contribution in [0.25, 0.3) is 10.9 Å². The van der Waals surface area contributed by atoms with Crippen LogP contribution >= 0.6 is 0 Å². The van der Waals surface area contributed by atoms with E-state index in [0.717, 1.165) is 23.1 Å². The Bertz CT molecular complexity index is 571. The van der Waals surface area contributed by atoms with Gasteiger partial charge in [-0.1, -0.05) is 24.3 Å². The SMILES string of the molecule is CC(c1ccc2ccccc2n1)N(C)CCC#N. The van der Waals surface area contributed by atoms with E-state index in [1.807, 2.05) is 25.2 Å². The summed E-state index contributed by atoms with van der Waals surface area (Å²) in [6.45, 7) is 2.89. The maximum Gasteiger partial charge on any atom is 0.0706 e. The molecular formula is C15H17N3. The second-order valence-corrected chi connectivity index (χ2v) is 4.49. The summed E-state index contributed by atoms with van der Waals surface area (Å²) in [5.74, 6) is 0. The van der Waals surface area contributed by atoms with Gasteiger partial charge in [0, 0.05) is 24.4 Å². The number of rotatable bonds is 4. The van der Waals surface area contributed by atoms with Crippen LogP contribution in [0.4, 0.5) is 0 Å². The molecule has 3 nitrogen and oxygen atoms in total. The number of fused-ring (bicyclic) bond motifs is 1. The first-order chi connectivity index (χ1) is 8.72. The fourth-order valence-corrected chi connectivity index (χ4v) is 1.96. The van der Waals surface area contributed by atoms with Crippen molar-refractivity contribution in [1.82, 2.24) is 9.88 Å². The number of aromatic nitrogens is 1. The topological polar surface area (TPSA) is 39.9 Å². The molecule has 0 radical (unpaired) electrons. The highest BCUT2D eigenvalue weighted by Crippen LogP contribution is 2.20. The molecule has 0 fully saturated rings. The van der Waals surface area contributed by atoms with Gasteiger partial charge in [-0.15, -0.1) is 0 Å². The molecule has 0 amide bonds. The van der Waals surface area contributed by atoms with Crippen LogP contribution in [0.2, 0.25) is 0 Å². The third kappa shape index (κ3) is 2.66. The summed E-state index contributed by atoms with van der Waals surface area (Å²) in [6.07, 6.45) is 0.550. The molecule has 2 aromatic rings. The van der Waals surface area contributed by atoms with Gasteiger partial charge >= 0.3 is 0 Å². The Morgan fingerprint density at radius 3 is 2.83 bits per heavy atom. The number of para-hydroxylation sites is 1. The van der Waals surface area contributed by atoms with E-state index < -0.39 is 0 Å². The molecule has 1 aromatic carbocycles. The summed E-state index contributed by atoms with van der Waals surface area (Å²) in [7, 11) is 2.03. The molecule has 0 aliphatic rings. The lowest BCUT2D eigenvalue weighted by Crippen LogP contribution is -2.24. The van der Waals surface area contributed by atoms with Crippen molar-refractivity contribution >= 4 is 10.9 Å². The van der Waals surface area contributed by atoms with Gasteiger partial charge in [0.25, 0.3) is 0 Å². The molecule has 1 atom stereocenters. The smallest absolute Gasteiger partial charge is 0.0706 e. The molecule has 0 N–H and O–H groups in total. The number of pyridine rings is 1. The van der Waals surface area contributed by atoms with Crippen molar-refractivity contribution in [3.8, 4) is 6.07 Å². The van der Waals surface area contributed by atoms with Gasteiger partial charge in [0.1, 0.15) is 0 Å². The highest BCUT2D eigenvalue weighted by atomic mass is 15.1. The van der Waals surface area contributed by atoms with Crippen LogP contribution in [0.5, 0.6) is 0 Å². The van der Waals surface area contributed by atoms with Crippen LogP contribution < -0.4 is 0 Å². The Balaban J connectivity index is 2.22. The Labute approximate surface area is 108 Å². The third-order valence-corrected chi connectivity index (χ3v) is 3.29. The van der Waals surface area contributed by atoms with E-state index in [0.29, 0.717) is 6.42 Å². The van der Waals surface area contributed by atoms with Crippen molar-refractivity contribution in [2.24, 2.45) is 0 Å². The second-order valence-electron chi connectivity index (χ2n) is 4.49. The zero-order valence-corrected chi connectivity index (χ0v) is 10.8. The molecule has 0 saturated heterocycles. The maximum atomic E-state index is 8.62. The van der Waals surface area contributed by atoms with Crippen molar-refractivity contribution in [2.75, 3.05) is 13.6 Å². The van der Waals surface area contributed by atoms with Gasteiger partial charge in [-0.25, -0.2) is 0 Å². The van der Waals surface area contributed by atoms with Crippen molar-refractivity contribution in [3.05, 3.63) is 42.1 Å². The van der Waals surface area contributed by atoms with Crippen molar-refractivity contribution in [1.29, 1.82) is 5.26 Å². The summed E-state index contributed by atoms with van der Waals surface area (Å²) in [5.41, 5.74) is 2.07. The lowest BCUT2D eigenvalue weighted by molar-refractivity contribution is 0.263. The Morgan fingerprint density at radius 1 is 1.28 bits per heavy atom. The molecule has 2 rings (SSSR count). The van der Waals surface area contributed by atoms with Crippen LogP contribution in [0.15, 0.2) is 36.4 Å². The summed E-state index contributed by atoms with van der Waals surface area (Å²) in [5, 5.41) is 9.78. The van der Waals surface area contributed by atoms with Gasteiger partial charge in [0.15, 0.2) is 0 Å². The first kappa shape index (κ1) is 12.5. The molecule has 18 heavy (non-hydrogen) atoms. The molecular weight excluding hydrogens is 222 g/mol. The molecule has 0 aliphatic carbocycles. The summed E-state index contributed by atoms with van der Waals surface area (Å²) in [4.78, 5) is 6.83. The van der Waals surface area contributed by atoms with Crippen molar-refractivity contribution < 1.29 is 0 Å². The van der Waals surface area contributed by atoms with E-state index >= 15 is 0 Å². The van der Waals surface area contributed by atoms with E-state index in [4.69, 9.17) is 5.26 Å². The van der Waals surface area contributed by atoms with Gasteiger partial charge in [0.2, 0.25) is 0 Å². The van der Waals surface area contributed by atoms with Crippen LogP contribution in [0.1, 0.15) is 25.1 Å². The van der Waals surface area contributed by atoms with Crippen LogP contribution in [0, 0.1) is 11.3 Å². The lowest BCUT2D eigenvalue weighted by atomic mass is 10.1. The van der Waals surface area contributed by atoms with Gasteiger partial charge in [-0.05, 0) is 26.1 Å². The first-order valence-corrected chi connectivity index (χ1v) is 6.15. The molecule has 0 saturated carbocycles. The van der Waals surface area contributed by atoms with Crippen molar-refractivity contribution in [2.45, 2.75) is 19.4 Å². The van der Waals surface area contributed by atoms with E-state index in [2.05, 4.69) is 41.1 Å². The fraction of sp³-hybridized carbons (Fsp3) is 0.333. The molecule has 0 spiro atoms. The van der Waals surface area contributed by atoms with E-state index in [-0.39, 0.29) is 6.04 Å². The Kier molecular flexibility index (Phi) is 3.91.